The summed E-state index contributed by atoms with van der Waals surface area (Å²) in [5.41, 5.74) is 0.286. The van der Waals surface area contributed by atoms with Crippen molar-refractivity contribution in [1.82, 2.24) is 0 Å². The van der Waals surface area contributed by atoms with E-state index in [1.165, 1.54) is 7.11 Å². The lowest BCUT2D eigenvalue weighted by atomic mass is 10.2. The molecule has 1 N–H and O–H groups in total. The maximum Gasteiger partial charge on any atom is 0.471 e. The van der Waals surface area contributed by atoms with E-state index in [-0.39, 0.29) is 17.1 Å². The van der Waals surface area contributed by atoms with E-state index in [0.29, 0.717) is 10.6 Å². The lowest BCUT2D eigenvalue weighted by Crippen LogP contribution is -2.41. The molecule has 1 heterocycles. The summed E-state index contributed by atoms with van der Waals surface area (Å²) in [6.45, 7) is 0. The predicted octanol–water partition coefficient (Wildman–Crippen LogP) is 5.48. The predicted molar refractivity (Wildman–Crippen MR) is 133 cm³/mol. The fourth-order valence-electron chi connectivity index (χ4n) is 3.39. The molecule has 10 heteroatoms. The molecule has 0 aliphatic carbocycles. The number of anilines is 1. The van der Waals surface area contributed by atoms with Crippen LogP contribution >= 0.6 is 19.4 Å². The van der Waals surface area contributed by atoms with Crippen molar-refractivity contribution in [3.63, 3.8) is 0 Å². The monoisotopic (exact) mass is 511 g/mol. The lowest BCUT2D eigenvalue weighted by molar-refractivity contribution is -0.138. The zero-order chi connectivity index (χ0) is 24.9. The van der Waals surface area contributed by atoms with Crippen LogP contribution in [0.1, 0.15) is 0 Å². The summed E-state index contributed by atoms with van der Waals surface area (Å²) < 4.78 is 34.9. The quantitative estimate of drug-likeness (QED) is 0.239. The molecule has 3 aromatic carbocycles. The van der Waals surface area contributed by atoms with E-state index in [0.717, 1.165) is 24.9 Å². The molecular formula is C25H22NO7PS. The summed E-state index contributed by atoms with van der Waals surface area (Å²) in [7, 11) is -2.11. The summed E-state index contributed by atoms with van der Waals surface area (Å²) in [6.07, 6.45) is 0.938. The van der Waals surface area contributed by atoms with Gasteiger partial charge in [-0.05, 0) is 36.4 Å². The highest BCUT2D eigenvalue weighted by Crippen LogP contribution is 2.71. The van der Waals surface area contributed by atoms with E-state index in [4.69, 9.17) is 18.5 Å². The molecule has 0 bridgehead atoms. The van der Waals surface area contributed by atoms with Crippen LogP contribution < -0.4 is 14.4 Å². The number of thioether (sulfide) groups is 1. The first kappa shape index (κ1) is 24.4. The van der Waals surface area contributed by atoms with E-state index in [1.54, 1.807) is 84.9 Å². The highest BCUT2D eigenvalue weighted by molar-refractivity contribution is 8.07. The molecule has 0 saturated heterocycles. The third-order valence-electron chi connectivity index (χ3n) is 5.01. The summed E-state index contributed by atoms with van der Waals surface area (Å²) in [6, 6.07) is 24.0. The fraction of sp³-hybridized carbons (Fsp3) is 0.120. The fourth-order valence-corrected chi connectivity index (χ4v) is 7.26. The van der Waals surface area contributed by atoms with Crippen molar-refractivity contribution in [2.75, 3.05) is 19.5 Å². The molecule has 0 saturated carbocycles. The van der Waals surface area contributed by atoms with Crippen molar-refractivity contribution in [2.24, 2.45) is 0 Å². The molecule has 0 aromatic heterocycles. The maximum absolute atomic E-state index is 14.9. The van der Waals surface area contributed by atoms with E-state index >= 15 is 0 Å². The molecule has 8 nitrogen and oxygen atoms in total. The van der Waals surface area contributed by atoms with Gasteiger partial charge >= 0.3 is 19.5 Å². The van der Waals surface area contributed by atoms with Crippen molar-refractivity contribution < 1.29 is 32.7 Å². The Morgan fingerprint density at radius 2 is 1.37 bits per heavy atom. The summed E-state index contributed by atoms with van der Waals surface area (Å²) in [5.74, 6) is -1.26. The number of hydrogen-bond donors (Lipinski definition) is 1. The van der Waals surface area contributed by atoms with Gasteiger partial charge in [-0.15, -0.1) is 0 Å². The zero-order valence-electron chi connectivity index (χ0n) is 18.9. The standard InChI is InChI=1S/C25H22NO7PS/c1-30-23(27)17-20(24(28)31-2)25(26-21-15-9-10-16-22(21)35-25)34(29,32-18-11-5-3-6-12-18)33-19-13-7-4-8-14-19/h3-17,26H,1-2H3/b20-17-. The van der Waals surface area contributed by atoms with Crippen LogP contribution in [0, 0.1) is 0 Å². The van der Waals surface area contributed by atoms with Gasteiger partial charge in [0, 0.05) is 16.7 Å². The Morgan fingerprint density at radius 3 is 1.89 bits per heavy atom. The highest BCUT2D eigenvalue weighted by atomic mass is 32.2. The Bertz CT molecular complexity index is 1230. The van der Waals surface area contributed by atoms with Gasteiger partial charge in [0.25, 0.3) is 0 Å². The van der Waals surface area contributed by atoms with Gasteiger partial charge in [-0.1, -0.05) is 60.3 Å². The number of rotatable bonds is 8. The topological polar surface area (TPSA) is 100 Å². The van der Waals surface area contributed by atoms with E-state index in [9.17, 15) is 14.2 Å². The molecule has 4 rings (SSSR count). The molecule has 180 valence electrons. The van der Waals surface area contributed by atoms with Crippen molar-refractivity contribution in [3.8, 4) is 11.5 Å². The number of fused-ring (bicyclic) bond motifs is 1. The summed E-state index contributed by atoms with van der Waals surface area (Å²) in [4.78, 5) is 26.1. The van der Waals surface area contributed by atoms with Gasteiger partial charge in [-0.3, -0.25) is 0 Å². The van der Waals surface area contributed by atoms with Crippen LogP contribution in [0.4, 0.5) is 5.69 Å². The van der Waals surface area contributed by atoms with E-state index < -0.39 is 24.1 Å². The van der Waals surface area contributed by atoms with Gasteiger partial charge in [-0.2, -0.15) is 0 Å². The van der Waals surface area contributed by atoms with Gasteiger partial charge in [0.15, 0.2) is 0 Å². The minimum atomic E-state index is -4.44. The molecule has 1 unspecified atom stereocenters. The number of nitrogens with one attached hydrogen (secondary N) is 1. The summed E-state index contributed by atoms with van der Waals surface area (Å²) in [5, 5.41) is 3.15. The van der Waals surface area contributed by atoms with Crippen LogP contribution in [0.15, 0.2) is 101 Å². The molecule has 1 aliphatic rings. The SMILES string of the molecule is COC(=O)/C=C(/C(=O)OC)C1(P(=O)(Oc2ccccc2)Oc2ccccc2)Nc2ccccc2S1. The second-order valence-electron chi connectivity index (χ2n) is 7.25. The smallest absolute Gasteiger partial charge is 0.466 e. The van der Waals surface area contributed by atoms with Gasteiger partial charge in [0.1, 0.15) is 11.5 Å². The Kier molecular flexibility index (Phi) is 7.19. The van der Waals surface area contributed by atoms with Crippen LogP contribution in [0.2, 0.25) is 0 Å². The van der Waals surface area contributed by atoms with Crippen LogP contribution in [0.3, 0.4) is 0 Å². The maximum atomic E-state index is 14.9. The molecule has 1 atom stereocenters. The third-order valence-corrected chi connectivity index (χ3v) is 9.17. The Labute approximate surface area is 206 Å². The average molecular weight is 511 g/mol. The van der Waals surface area contributed by atoms with Crippen LogP contribution in [0.5, 0.6) is 11.5 Å². The lowest BCUT2D eigenvalue weighted by Gasteiger charge is -2.36. The van der Waals surface area contributed by atoms with Gasteiger partial charge in [0.2, 0.25) is 4.61 Å². The number of carbonyl (C=O) groups is 2. The minimum absolute atomic E-state index is 0.242. The van der Waals surface area contributed by atoms with E-state index in [2.05, 4.69) is 5.32 Å². The first-order chi connectivity index (χ1) is 16.9. The molecule has 35 heavy (non-hydrogen) atoms. The van der Waals surface area contributed by atoms with Gasteiger partial charge in [0.05, 0.1) is 19.8 Å². The second-order valence-corrected chi connectivity index (χ2v) is 10.8. The van der Waals surface area contributed by atoms with Crippen molar-refractivity contribution in [1.29, 1.82) is 0 Å². The normalized spacial score (nSPS) is 17.0. The summed E-state index contributed by atoms with van der Waals surface area (Å²) >= 11 is 1.03. The number of benzene rings is 3. The molecule has 0 amide bonds. The molecule has 3 aromatic rings. The first-order valence-electron chi connectivity index (χ1n) is 10.4. The van der Waals surface area contributed by atoms with E-state index in [1.807, 2.05) is 0 Å². The number of ether oxygens (including phenoxy) is 2. The number of carbonyl (C=O) groups excluding carboxylic acids is 2. The number of methoxy groups -OCH3 is 2. The Morgan fingerprint density at radius 1 is 0.829 bits per heavy atom. The number of esters is 2. The van der Waals surface area contributed by atoms with Crippen LogP contribution in [0.25, 0.3) is 0 Å². The zero-order valence-corrected chi connectivity index (χ0v) is 20.6. The Balaban J connectivity index is 1.96. The van der Waals surface area contributed by atoms with Crippen molar-refractivity contribution >= 4 is 37.0 Å². The Hall–Kier alpha value is -3.68. The van der Waals surface area contributed by atoms with Crippen LogP contribution in [-0.4, -0.2) is 30.8 Å². The number of para-hydroxylation sites is 3. The number of hydrogen-bond acceptors (Lipinski definition) is 9. The molecule has 1 aliphatic heterocycles. The molecule has 0 fully saturated rings. The van der Waals surface area contributed by atoms with Gasteiger partial charge in [-0.25, -0.2) is 14.2 Å². The van der Waals surface area contributed by atoms with Crippen molar-refractivity contribution in [2.45, 2.75) is 9.51 Å². The third kappa shape index (κ3) is 4.92. The highest BCUT2D eigenvalue weighted by Gasteiger charge is 2.63. The van der Waals surface area contributed by atoms with Crippen LogP contribution in [-0.2, 0) is 23.6 Å². The molecule has 0 radical (unpaired) electrons. The largest absolute Gasteiger partial charge is 0.471 e. The van der Waals surface area contributed by atoms with Gasteiger partial charge < -0.3 is 23.8 Å². The molecular weight excluding hydrogens is 489 g/mol. The molecule has 0 spiro atoms. The average Bonchev–Trinajstić information content (AvgIpc) is 3.29. The minimum Gasteiger partial charge on any atom is -0.466 e. The second kappa shape index (κ2) is 10.3. The first-order valence-corrected chi connectivity index (χ1v) is 12.8. The van der Waals surface area contributed by atoms with Crippen molar-refractivity contribution in [3.05, 3.63) is 96.6 Å².